The van der Waals surface area contributed by atoms with E-state index in [2.05, 4.69) is 209 Å². The molecule has 0 aliphatic heterocycles. The third-order valence-electron chi connectivity index (χ3n) is 12.5. The summed E-state index contributed by atoms with van der Waals surface area (Å²) in [5, 5.41) is 4.81. The highest BCUT2D eigenvalue weighted by atomic mass is 32.2. The molecular weight excluding hydrogens is 747 g/mol. The van der Waals surface area contributed by atoms with Gasteiger partial charge in [0.25, 0.3) is 0 Å². The molecule has 11 aromatic rings. The minimum atomic E-state index is 0.325. The zero-order chi connectivity index (χ0) is 39.6. The molecule has 4 heteroatoms. The van der Waals surface area contributed by atoms with E-state index >= 15 is 0 Å². The quantitative estimate of drug-likeness (QED) is 0.168. The van der Waals surface area contributed by atoms with E-state index in [1.54, 1.807) is 0 Å². The van der Waals surface area contributed by atoms with Gasteiger partial charge in [-0.25, -0.2) is 4.98 Å². The lowest BCUT2D eigenvalue weighted by Gasteiger charge is -2.19. The van der Waals surface area contributed by atoms with Crippen LogP contribution in [0.2, 0.25) is 0 Å². The van der Waals surface area contributed by atoms with E-state index in [0.717, 1.165) is 40.8 Å². The van der Waals surface area contributed by atoms with Gasteiger partial charge in [-0.15, -0.1) is 0 Å². The van der Waals surface area contributed by atoms with E-state index in [4.69, 9.17) is 4.98 Å². The number of hydrogen-bond acceptors (Lipinski definition) is 2. The average Bonchev–Trinajstić information content (AvgIpc) is 3.76. The van der Waals surface area contributed by atoms with Crippen LogP contribution in [0.1, 0.15) is 29.0 Å². The highest BCUT2D eigenvalue weighted by Gasteiger charge is 2.25. The summed E-state index contributed by atoms with van der Waals surface area (Å²) in [7, 11) is 0. The Labute approximate surface area is 353 Å². The molecule has 0 radical (unpaired) electrons. The molecule has 3 aromatic heterocycles. The van der Waals surface area contributed by atoms with Crippen molar-refractivity contribution in [2.24, 2.45) is 0 Å². The standard InChI is InChI=1S/C56H39N3S/c1-3-14-37(15-4-1)39-16-13-17-40(32-39)45-30-27-38-26-28-43(34-50(38)47-21-8-7-20-46(45)47)60-44-29-31-55-51(35-44)48-22-9-11-24-53(48)58(55)42-33-52-49-23-10-12-25-54(49)59(56(52)57-36-42)41-18-5-2-6-19-41/h1-26,28-29,31-36,45H,27,30H2. The van der Waals surface area contributed by atoms with Crippen LogP contribution >= 0.6 is 11.8 Å². The molecule has 0 amide bonds. The second kappa shape index (κ2) is 14.3. The summed E-state index contributed by atoms with van der Waals surface area (Å²) in [6.45, 7) is 0. The lowest BCUT2D eigenvalue weighted by atomic mass is 9.85. The first-order valence-corrected chi connectivity index (χ1v) is 21.6. The third-order valence-corrected chi connectivity index (χ3v) is 13.4. The second-order valence-electron chi connectivity index (χ2n) is 15.9. The maximum Gasteiger partial charge on any atom is 0.145 e. The topological polar surface area (TPSA) is 22.8 Å². The van der Waals surface area contributed by atoms with Crippen LogP contribution in [0, 0.1) is 0 Å². The van der Waals surface area contributed by atoms with Crippen molar-refractivity contribution in [3.05, 3.63) is 223 Å². The first-order chi connectivity index (χ1) is 29.7. The van der Waals surface area contributed by atoms with Crippen molar-refractivity contribution in [2.45, 2.75) is 28.6 Å². The smallest absolute Gasteiger partial charge is 0.145 e. The van der Waals surface area contributed by atoms with E-state index in [1.807, 2.05) is 18.0 Å². The first-order valence-electron chi connectivity index (χ1n) is 20.8. The predicted octanol–water partition coefficient (Wildman–Crippen LogP) is 14.8. The maximum atomic E-state index is 5.17. The Hall–Kier alpha value is -7.14. The van der Waals surface area contributed by atoms with Crippen LogP contribution in [0.25, 0.3) is 77.4 Å². The fraction of sp³-hybridized carbons (Fsp3) is 0.0536. The van der Waals surface area contributed by atoms with E-state index in [-0.39, 0.29) is 0 Å². The maximum absolute atomic E-state index is 5.17. The molecule has 0 saturated carbocycles. The number of para-hydroxylation sites is 3. The molecule has 0 bridgehead atoms. The summed E-state index contributed by atoms with van der Waals surface area (Å²) in [5.74, 6) is 0.325. The monoisotopic (exact) mass is 785 g/mol. The minimum Gasteiger partial charge on any atom is -0.308 e. The molecule has 1 unspecified atom stereocenters. The SMILES string of the molecule is c1ccc(-c2cccc(C3CCc4ccc(Sc5ccc6c(c5)c5ccccc5n6-c5cnc6c(c5)c5ccccc5n6-c5ccccc5)cc4-c4ccccc43)c2)cc1. The number of pyridine rings is 1. The van der Waals surface area contributed by atoms with Crippen LogP contribution in [0.5, 0.6) is 0 Å². The van der Waals surface area contributed by atoms with Crippen LogP contribution in [0.3, 0.4) is 0 Å². The predicted molar refractivity (Wildman–Crippen MR) is 251 cm³/mol. The van der Waals surface area contributed by atoms with E-state index in [0.29, 0.717) is 5.92 Å². The Morgan fingerprint density at radius 2 is 1.12 bits per heavy atom. The molecule has 284 valence electrons. The normalized spacial score (nSPS) is 13.8. The number of aryl methyl sites for hydroxylation is 1. The fourth-order valence-electron chi connectivity index (χ4n) is 9.72. The summed E-state index contributed by atoms with van der Waals surface area (Å²) in [6.07, 6.45) is 4.15. The van der Waals surface area contributed by atoms with Crippen LogP contribution in [0.4, 0.5) is 0 Å². The van der Waals surface area contributed by atoms with Gasteiger partial charge in [0.2, 0.25) is 0 Å². The first kappa shape index (κ1) is 34.9. The van der Waals surface area contributed by atoms with Crippen LogP contribution in [-0.2, 0) is 6.42 Å². The molecule has 1 aliphatic rings. The Morgan fingerprint density at radius 3 is 1.97 bits per heavy atom. The van der Waals surface area contributed by atoms with Crippen LogP contribution in [-0.4, -0.2) is 14.1 Å². The third kappa shape index (κ3) is 5.78. The molecule has 1 aliphatic carbocycles. The number of hydrogen-bond donors (Lipinski definition) is 0. The van der Waals surface area contributed by atoms with Crippen molar-refractivity contribution in [3.63, 3.8) is 0 Å². The van der Waals surface area contributed by atoms with Crippen LogP contribution < -0.4 is 0 Å². The van der Waals surface area contributed by atoms with Gasteiger partial charge < -0.3 is 4.57 Å². The van der Waals surface area contributed by atoms with Crippen molar-refractivity contribution < 1.29 is 0 Å². The zero-order valence-corrected chi connectivity index (χ0v) is 33.7. The van der Waals surface area contributed by atoms with Gasteiger partial charge in [-0.2, -0.15) is 0 Å². The molecule has 0 saturated heterocycles. The van der Waals surface area contributed by atoms with Crippen molar-refractivity contribution in [1.29, 1.82) is 0 Å². The van der Waals surface area contributed by atoms with E-state index < -0.39 is 0 Å². The molecular formula is C56H39N3S. The second-order valence-corrected chi connectivity index (χ2v) is 17.0. The van der Waals surface area contributed by atoms with Crippen molar-refractivity contribution in [1.82, 2.24) is 14.1 Å². The molecule has 3 nitrogen and oxygen atoms in total. The summed E-state index contributed by atoms with van der Waals surface area (Å²) in [4.78, 5) is 7.65. The zero-order valence-electron chi connectivity index (χ0n) is 32.9. The van der Waals surface area contributed by atoms with E-state index in [1.165, 1.54) is 75.9 Å². The number of aromatic nitrogens is 3. The number of fused-ring (bicyclic) bond motifs is 9. The molecule has 1 atom stereocenters. The molecule has 60 heavy (non-hydrogen) atoms. The van der Waals surface area contributed by atoms with Gasteiger partial charge in [-0.05, 0) is 112 Å². The number of nitrogens with zero attached hydrogens (tertiary/aromatic N) is 3. The number of rotatable bonds is 6. The van der Waals surface area contributed by atoms with Gasteiger partial charge in [0, 0.05) is 42.9 Å². The number of benzene rings is 8. The van der Waals surface area contributed by atoms with Crippen molar-refractivity contribution in [3.8, 4) is 33.6 Å². The highest BCUT2D eigenvalue weighted by molar-refractivity contribution is 7.99. The Kier molecular flexibility index (Phi) is 8.31. The van der Waals surface area contributed by atoms with Gasteiger partial charge in [0.15, 0.2) is 0 Å². The van der Waals surface area contributed by atoms with Crippen molar-refractivity contribution >= 4 is 55.5 Å². The van der Waals surface area contributed by atoms with Gasteiger partial charge in [-0.1, -0.05) is 151 Å². The van der Waals surface area contributed by atoms with Crippen molar-refractivity contribution in [2.75, 3.05) is 0 Å². The average molecular weight is 786 g/mol. The summed E-state index contributed by atoms with van der Waals surface area (Å²) >= 11 is 1.85. The van der Waals surface area contributed by atoms with Gasteiger partial charge in [-0.3, -0.25) is 4.57 Å². The van der Waals surface area contributed by atoms with Gasteiger partial charge in [0.05, 0.1) is 28.4 Å². The fourth-order valence-corrected chi connectivity index (χ4v) is 10.6. The summed E-state index contributed by atoms with van der Waals surface area (Å²) < 4.78 is 4.65. The molecule has 3 heterocycles. The molecule has 0 fully saturated rings. The highest BCUT2D eigenvalue weighted by Crippen LogP contribution is 2.45. The lowest BCUT2D eigenvalue weighted by Crippen LogP contribution is -2.02. The van der Waals surface area contributed by atoms with Gasteiger partial charge >= 0.3 is 0 Å². The summed E-state index contributed by atoms with van der Waals surface area (Å²) in [5.41, 5.74) is 16.1. The molecule has 12 rings (SSSR count). The Balaban J connectivity index is 0.914. The molecule has 8 aromatic carbocycles. The van der Waals surface area contributed by atoms with E-state index in [9.17, 15) is 0 Å². The van der Waals surface area contributed by atoms with Gasteiger partial charge in [0.1, 0.15) is 5.65 Å². The largest absolute Gasteiger partial charge is 0.308 e. The molecule has 0 N–H and O–H groups in total. The molecule has 0 spiro atoms. The lowest BCUT2D eigenvalue weighted by molar-refractivity contribution is 0.726. The van der Waals surface area contributed by atoms with Crippen LogP contribution in [0.15, 0.2) is 216 Å². The minimum absolute atomic E-state index is 0.325. The Morgan fingerprint density at radius 1 is 0.450 bits per heavy atom. The summed E-state index contributed by atoms with van der Waals surface area (Å²) in [6, 6.07) is 73.3. The Bertz CT molecular complexity index is 3420.